The Morgan fingerprint density at radius 1 is 0.824 bits per heavy atom. The molecule has 34 heavy (non-hydrogen) atoms. The number of hydrogen-bond acceptors (Lipinski definition) is 1. The van der Waals surface area contributed by atoms with Crippen molar-refractivity contribution >= 4 is 0 Å². The molecule has 0 aliphatic carbocycles. The molecule has 0 saturated carbocycles. The van der Waals surface area contributed by atoms with Crippen LogP contribution in [0.25, 0.3) is 22.3 Å². The summed E-state index contributed by atoms with van der Waals surface area (Å²) in [5, 5.41) is 0. The Hall–Kier alpha value is -2.92. The molecule has 0 radical (unpaired) electrons. The van der Waals surface area contributed by atoms with Crippen LogP contribution in [0.5, 0.6) is 0 Å². The molecule has 1 nitrogen and oxygen atoms in total. The molecular formula is C29H28F4O. The molecule has 1 aliphatic rings. The first kappa shape index (κ1) is 24.2. The predicted molar refractivity (Wildman–Crippen MR) is 127 cm³/mol. The summed E-state index contributed by atoms with van der Waals surface area (Å²) in [6.07, 6.45) is 5.26. The lowest BCUT2D eigenvalue weighted by Crippen LogP contribution is -2.21. The fraction of sp³-hybridized carbons (Fsp3) is 0.310. The van der Waals surface area contributed by atoms with Gasteiger partial charge in [-0.1, -0.05) is 61.5 Å². The van der Waals surface area contributed by atoms with E-state index in [1.54, 1.807) is 49.4 Å². The van der Waals surface area contributed by atoms with Gasteiger partial charge in [-0.25, -0.2) is 17.6 Å². The molecule has 0 N–H and O–H groups in total. The Labute approximate surface area is 198 Å². The van der Waals surface area contributed by atoms with Gasteiger partial charge in [0.15, 0.2) is 23.3 Å². The molecule has 4 rings (SSSR count). The second kappa shape index (κ2) is 10.6. The van der Waals surface area contributed by atoms with E-state index in [1.807, 2.05) is 6.08 Å². The number of halogens is 4. The number of hydrogen-bond donors (Lipinski definition) is 0. The first-order chi connectivity index (χ1) is 16.4. The lowest BCUT2D eigenvalue weighted by atomic mass is 9.90. The summed E-state index contributed by atoms with van der Waals surface area (Å²) in [6, 6.07) is 12.5. The summed E-state index contributed by atoms with van der Waals surface area (Å²) in [5.41, 5.74) is 1.69. The van der Waals surface area contributed by atoms with E-state index in [1.165, 1.54) is 6.07 Å². The van der Waals surface area contributed by atoms with Crippen molar-refractivity contribution in [1.82, 2.24) is 0 Å². The van der Waals surface area contributed by atoms with Crippen LogP contribution in [0, 0.1) is 29.2 Å². The summed E-state index contributed by atoms with van der Waals surface area (Å²) < 4.78 is 64.5. The minimum Gasteiger partial charge on any atom is -0.373 e. The third kappa shape index (κ3) is 4.80. The smallest absolute Gasteiger partial charge is 0.167 e. The van der Waals surface area contributed by atoms with E-state index in [0.717, 1.165) is 19.3 Å². The number of benzene rings is 3. The number of ether oxygens (including phenoxy) is 1. The van der Waals surface area contributed by atoms with Crippen LogP contribution in [-0.4, -0.2) is 6.61 Å². The maximum Gasteiger partial charge on any atom is 0.167 e. The minimum atomic E-state index is -0.938. The molecule has 3 aromatic rings. The van der Waals surface area contributed by atoms with Gasteiger partial charge in [-0.15, -0.1) is 6.58 Å². The van der Waals surface area contributed by atoms with Crippen LogP contribution < -0.4 is 0 Å². The molecule has 178 valence electrons. The second-order valence-corrected chi connectivity index (χ2v) is 8.79. The molecule has 0 amide bonds. The Morgan fingerprint density at radius 3 is 2.00 bits per heavy atom. The Balaban J connectivity index is 1.54. The number of allylic oxidation sites excluding steroid dienone is 1. The molecule has 2 atom stereocenters. The largest absolute Gasteiger partial charge is 0.373 e. The van der Waals surface area contributed by atoms with Crippen LogP contribution in [0.2, 0.25) is 0 Å². The van der Waals surface area contributed by atoms with Crippen molar-refractivity contribution in [2.24, 2.45) is 5.92 Å². The predicted octanol–water partition coefficient (Wildman–Crippen LogP) is 8.57. The highest BCUT2D eigenvalue weighted by Crippen LogP contribution is 2.37. The number of aryl methyl sites for hydroxylation is 1. The van der Waals surface area contributed by atoms with Crippen LogP contribution >= 0.6 is 0 Å². The third-order valence-corrected chi connectivity index (χ3v) is 6.66. The summed E-state index contributed by atoms with van der Waals surface area (Å²) in [4.78, 5) is 0. The fourth-order valence-electron chi connectivity index (χ4n) is 4.58. The highest BCUT2D eigenvalue weighted by molar-refractivity contribution is 5.71. The topological polar surface area (TPSA) is 9.23 Å². The first-order valence-corrected chi connectivity index (χ1v) is 11.7. The van der Waals surface area contributed by atoms with Crippen LogP contribution in [0.15, 0.2) is 61.2 Å². The second-order valence-electron chi connectivity index (χ2n) is 8.79. The summed E-state index contributed by atoms with van der Waals surface area (Å²) in [6.45, 7) is 6.02. The zero-order valence-electron chi connectivity index (χ0n) is 19.2. The van der Waals surface area contributed by atoms with Gasteiger partial charge in [-0.2, -0.15) is 0 Å². The normalized spacial score (nSPS) is 18.1. The van der Waals surface area contributed by atoms with Gasteiger partial charge in [0.2, 0.25) is 0 Å². The van der Waals surface area contributed by atoms with Crippen molar-refractivity contribution in [2.75, 3.05) is 6.61 Å². The number of rotatable bonds is 7. The molecule has 2 unspecified atom stereocenters. The molecule has 0 spiro atoms. The van der Waals surface area contributed by atoms with E-state index in [-0.39, 0.29) is 16.7 Å². The van der Waals surface area contributed by atoms with Gasteiger partial charge in [0.05, 0.1) is 12.7 Å². The van der Waals surface area contributed by atoms with Crippen molar-refractivity contribution in [3.8, 4) is 22.3 Å². The molecule has 1 fully saturated rings. The van der Waals surface area contributed by atoms with Crippen LogP contribution in [0.3, 0.4) is 0 Å². The van der Waals surface area contributed by atoms with E-state index < -0.39 is 29.4 Å². The van der Waals surface area contributed by atoms with Crippen LogP contribution in [-0.2, 0) is 11.2 Å². The van der Waals surface area contributed by atoms with Gasteiger partial charge in [-0.05, 0) is 54.7 Å². The first-order valence-electron chi connectivity index (χ1n) is 11.7. The quantitative estimate of drug-likeness (QED) is 0.249. The molecule has 1 heterocycles. The van der Waals surface area contributed by atoms with Gasteiger partial charge in [0.1, 0.15) is 0 Å². The van der Waals surface area contributed by atoms with Gasteiger partial charge in [0, 0.05) is 16.7 Å². The third-order valence-electron chi connectivity index (χ3n) is 6.66. The van der Waals surface area contributed by atoms with Crippen LogP contribution in [0.4, 0.5) is 17.6 Å². The highest BCUT2D eigenvalue weighted by atomic mass is 19.2. The average molecular weight is 469 g/mol. The Bertz CT molecular complexity index is 1160. The van der Waals surface area contributed by atoms with Crippen molar-refractivity contribution in [3.63, 3.8) is 0 Å². The van der Waals surface area contributed by atoms with Crippen LogP contribution in [0.1, 0.15) is 49.8 Å². The maximum absolute atomic E-state index is 15.0. The van der Waals surface area contributed by atoms with Crippen molar-refractivity contribution in [3.05, 3.63) is 95.6 Å². The fourth-order valence-corrected chi connectivity index (χ4v) is 4.58. The SMILES string of the molecule is C=CCCC1CCC(c2ccc(-c3ccc(-c4ccc(CC)c(F)c4F)cc3)c(F)c2F)OC1. The zero-order chi connectivity index (χ0) is 24.2. The van der Waals surface area contributed by atoms with Gasteiger partial charge < -0.3 is 4.74 Å². The zero-order valence-corrected chi connectivity index (χ0v) is 19.2. The van der Waals surface area contributed by atoms with Gasteiger partial charge >= 0.3 is 0 Å². The summed E-state index contributed by atoms with van der Waals surface area (Å²) in [7, 11) is 0. The standard InChI is InChI=1S/C29H28F4O/c1-3-5-6-18-7-16-25(34-17-18)24-15-14-23(28(32)29(24)33)21-10-8-20(9-11-21)22-13-12-19(4-2)26(30)27(22)31/h3,8-15,18,25H,1,4-7,16-17H2,2H3. The van der Waals surface area contributed by atoms with Gasteiger partial charge in [-0.3, -0.25) is 0 Å². The lowest BCUT2D eigenvalue weighted by Gasteiger charge is -2.29. The molecule has 0 bridgehead atoms. The van der Waals surface area contributed by atoms with Gasteiger partial charge in [0.25, 0.3) is 0 Å². The maximum atomic E-state index is 15.0. The lowest BCUT2D eigenvalue weighted by molar-refractivity contribution is -0.0210. The Morgan fingerprint density at radius 2 is 1.44 bits per heavy atom. The Kier molecular flexibility index (Phi) is 7.52. The van der Waals surface area contributed by atoms with E-state index in [4.69, 9.17) is 4.74 Å². The van der Waals surface area contributed by atoms with Crippen molar-refractivity contribution < 1.29 is 22.3 Å². The van der Waals surface area contributed by atoms with E-state index in [0.29, 0.717) is 42.1 Å². The molecule has 0 aromatic heterocycles. The molecule has 1 saturated heterocycles. The van der Waals surface area contributed by atoms with E-state index >= 15 is 4.39 Å². The molecule has 5 heteroatoms. The average Bonchev–Trinajstić information content (AvgIpc) is 2.87. The van der Waals surface area contributed by atoms with Crippen molar-refractivity contribution in [1.29, 1.82) is 0 Å². The van der Waals surface area contributed by atoms with E-state index in [9.17, 15) is 13.2 Å². The molecule has 1 aliphatic heterocycles. The minimum absolute atomic E-state index is 0.112. The molecule has 3 aromatic carbocycles. The highest BCUT2D eigenvalue weighted by Gasteiger charge is 2.27. The van der Waals surface area contributed by atoms with E-state index in [2.05, 4.69) is 6.58 Å². The summed E-state index contributed by atoms with van der Waals surface area (Å²) in [5.74, 6) is -3.19. The molecular weight excluding hydrogens is 440 g/mol. The van der Waals surface area contributed by atoms with Crippen molar-refractivity contribution in [2.45, 2.75) is 45.1 Å². The monoisotopic (exact) mass is 468 g/mol. The summed E-state index contributed by atoms with van der Waals surface area (Å²) >= 11 is 0.